The Morgan fingerprint density at radius 2 is 1.67 bits per heavy atom. The van der Waals surface area contributed by atoms with Crippen molar-refractivity contribution >= 4 is 29.9 Å². The maximum Gasteiger partial charge on any atom is 0.494 e. The molecule has 98 valence electrons. The van der Waals surface area contributed by atoms with E-state index in [0.717, 1.165) is 11.2 Å². The van der Waals surface area contributed by atoms with Crippen LogP contribution in [0.25, 0.3) is 0 Å². The highest BCUT2D eigenvalue weighted by molar-refractivity contribution is 6.62. The molecular weight excluding hydrogens is 248 g/mol. The first kappa shape index (κ1) is 13.7. The Morgan fingerprint density at radius 3 is 2.17 bits per heavy atom. The smallest absolute Gasteiger partial charge is 0.399 e. The molecule has 0 spiro atoms. The molecule has 1 fully saturated rings. The van der Waals surface area contributed by atoms with Gasteiger partial charge in [-0.1, -0.05) is 17.7 Å². The van der Waals surface area contributed by atoms with Gasteiger partial charge in [0.2, 0.25) is 0 Å². The second-order valence-corrected chi connectivity index (χ2v) is 5.98. The van der Waals surface area contributed by atoms with Crippen LogP contribution < -0.4 is 10.8 Å². The Kier molecular flexibility index (Phi) is 3.39. The highest BCUT2D eigenvalue weighted by Crippen LogP contribution is 2.36. The van der Waals surface area contributed by atoms with Crippen LogP contribution in [0.5, 0.6) is 0 Å². The molecule has 2 rings (SSSR count). The van der Waals surface area contributed by atoms with Gasteiger partial charge in [-0.25, -0.2) is 0 Å². The van der Waals surface area contributed by atoms with E-state index in [1.54, 1.807) is 0 Å². The Hall–Kier alpha value is -0.705. The predicted molar refractivity (Wildman–Crippen MR) is 76.7 cm³/mol. The topological polar surface area (TPSA) is 30.5 Å². The third-order valence-electron chi connectivity index (χ3n) is 3.79. The van der Waals surface area contributed by atoms with Crippen molar-refractivity contribution in [2.45, 2.75) is 38.9 Å². The summed E-state index contributed by atoms with van der Waals surface area (Å²) in [7, 11) is 1.49. The Morgan fingerprint density at radius 1 is 1.11 bits per heavy atom. The zero-order valence-corrected chi connectivity index (χ0v) is 12.3. The van der Waals surface area contributed by atoms with Crippen molar-refractivity contribution in [2.75, 3.05) is 12.4 Å². The Balaban J connectivity index is 2.30. The second-order valence-electron chi connectivity index (χ2n) is 5.58. The van der Waals surface area contributed by atoms with E-state index >= 15 is 0 Å². The van der Waals surface area contributed by atoms with Gasteiger partial charge in [-0.05, 0) is 45.3 Å². The molecule has 0 amide bonds. The summed E-state index contributed by atoms with van der Waals surface area (Å²) in [6.07, 6.45) is 0. The molecule has 0 aromatic heterocycles. The first-order chi connectivity index (χ1) is 8.27. The van der Waals surface area contributed by atoms with Crippen molar-refractivity contribution < 1.29 is 9.31 Å². The second kappa shape index (κ2) is 4.44. The van der Waals surface area contributed by atoms with Crippen LogP contribution in [0, 0.1) is 0 Å². The monoisotopic (exact) mass is 267 g/mol. The summed E-state index contributed by atoms with van der Waals surface area (Å²) < 4.78 is 12.0. The van der Waals surface area contributed by atoms with Gasteiger partial charge in [0.25, 0.3) is 0 Å². The van der Waals surface area contributed by atoms with Crippen LogP contribution in [0.3, 0.4) is 0 Å². The van der Waals surface area contributed by atoms with E-state index in [-0.39, 0.29) is 18.3 Å². The summed E-state index contributed by atoms with van der Waals surface area (Å²) in [5.41, 5.74) is 1.21. The van der Waals surface area contributed by atoms with E-state index in [9.17, 15) is 0 Å². The lowest BCUT2D eigenvalue weighted by Gasteiger charge is -2.32. The van der Waals surface area contributed by atoms with Crippen LogP contribution in [0.1, 0.15) is 27.7 Å². The Bertz CT molecular complexity index is 446. The average molecular weight is 268 g/mol. The molecule has 1 heterocycles. The number of hydrogen-bond donors (Lipinski definition) is 1. The fraction of sp³-hybridized carbons (Fsp3) is 0.538. The average Bonchev–Trinajstić information content (AvgIpc) is 2.49. The van der Waals surface area contributed by atoms with E-state index < -0.39 is 0 Å². The van der Waals surface area contributed by atoms with Gasteiger partial charge in [-0.2, -0.15) is 0 Å². The summed E-state index contributed by atoms with van der Waals surface area (Å²) in [4.78, 5) is 0. The molecule has 1 aromatic rings. The fourth-order valence-corrected chi connectivity index (χ4v) is 2.07. The summed E-state index contributed by atoms with van der Waals surface area (Å²) in [6.45, 7) is 8.17. The number of halogens is 1. The third kappa shape index (κ3) is 2.25. The summed E-state index contributed by atoms with van der Waals surface area (Å²) in [5.74, 6) is 0. The maximum atomic E-state index is 6.07. The molecule has 1 aliphatic heterocycles. The highest BCUT2D eigenvalue weighted by Gasteiger charge is 2.51. The standard InChI is InChI=1S/C13H19BClNO2/c1-12(2)13(3,4)18-14(17-12)9-6-7-10(15)11(8-9)16-5/h6-8,16H,1-5H3. The van der Waals surface area contributed by atoms with Crippen molar-refractivity contribution in [3.63, 3.8) is 0 Å². The minimum absolute atomic E-state index is 0.322. The molecule has 18 heavy (non-hydrogen) atoms. The summed E-state index contributed by atoms with van der Waals surface area (Å²) in [6, 6.07) is 5.75. The molecule has 0 saturated carbocycles. The zero-order valence-electron chi connectivity index (χ0n) is 11.5. The SMILES string of the molecule is CNc1cc(B2OC(C)(C)C(C)(C)O2)ccc1Cl. The highest BCUT2D eigenvalue weighted by atomic mass is 35.5. The van der Waals surface area contributed by atoms with E-state index in [2.05, 4.69) is 5.32 Å². The lowest BCUT2D eigenvalue weighted by molar-refractivity contribution is 0.00578. The molecule has 5 heteroatoms. The van der Waals surface area contributed by atoms with Crippen molar-refractivity contribution in [3.8, 4) is 0 Å². The van der Waals surface area contributed by atoms with Gasteiger partial charge in [-0.3, -0.25) is 0 Å². The molecule has 1 aliphatic rings. The number of benzene rings is 1. The minimum atomic E-state index is -0.348. The summed E-state index contributed by atoms with van der Waals surface area (Å²) in [5, 5.41) is 3.75. The number of rotatable bonds is 2. The molecule has 0 aliphatic carbocycles. The van der Waals surface area contributed by atoms with Crippen LogP contribution in [0.15, 0.2) is 18.2 Å². The predicted octanol–water partition coefficient (Wildman–Crippen LogP) is 2.68. The lowest BCUT2D eigenvalue weighted by atomic mass is 9.79. The number of hydrogen-bond acceptors (Lipinski definition) is 3. The minimum Gasteiger partial charge on any atom is -0.399 e. The van der Waals surface area contributed by atoms with Crippen molar-refractivity contribution in [1.82, 2.24) is 0 Å². The van der Waals surface area contributed by atoms with E-state index in [0.29, 0.717) is 5.02 Å². The van der Waals surface area contributed by atoms with Crippen molar-refractivity contribution in [2.24, 2.45) is 0 Å². The first-order valence-corrected chi connectivity index (χ1v) is 6.47. The van der Waals surface area contributed by atoms with Crippen molar-refractivity contribution in [1.29, 1.82) is 0 Å². The number of anilines is 1. The van der Waals surface area contributed by atoms with Gasteiger partial charge in [0.05, 0.1) is 21.9 Å². The molecule has 1 N–H and O–H groups in total. The Labute approximate surface area is 114 Å². The van der Waals surface area contributed by atoms with Crippen LogP contribution in [-0.2, 0) is 9.31 Å². The lowest BCUT2D eigenvalue weighted by Crippen LogP contribution is -2.41. The quantitative estimate of drug-likeness (QED) is 0.836. The van der Waals surface area contributed by atoms with E-state index in [1.807, 2.05) is 52.9 Å². The van der Waals surface area contributed by atoms with Gasteiger partial charge in [0.1, 0.15) is 0 Å². The van der Waals surface area contributed by atoms with Crippen LogP contribution in [-0.4, -0.2) is 25.4 Å². The molecular formula is C13H19BClNO2. The fourth-order valence-electron chi connectivity index (χ4n) is 1.86. The molecule has 0 unspecified atom stereocenters. The molecule has 1 aromatic carbocycles. The van der Waals surface area contributed by atoms with E-state index in [1.165, 1.54) is 0 Å². The normalized spacial score (nSPS) is 21.1. The molecule has 3 nitrogen and oxygen atoms in total. The molecule has 0 radical (unpaired) electrons. The van der Waals surface area contributed by atoms with Gasteiger partial charge in [-0.15, -0.1) is 0 Å². The van der Waals surface area contributed by atoms with Gasteiger partial charge >= 0.3 is 7.12 Å². The molecule has 0 atom stereocenters. The van der Waals surface area contributed by atoms with Crippen molar-refractivity contribution in [3.05, 3.63) is 23.2 Å². The van der Waals surface area contributed by atoms with Gasteiger partial charge < -0.3 is 14.6 Å². The van der Waals surface area contributed by atoms with Crippen LogP contribution in [0.2, 0.25) is 5.02 Å². The zero-order chi connectivity index (χ0) is 13.6. The maximum absolute atomic E-state index is 6.07. The largest absolute Gasteiger partial charge is 0.494 e. The van der Waals surface area contributed by atoms with Gasteiger partial charge in [0.15, 0.2) is 0 Å². The third-order valence-corrected chi connectivity index (χ3v) is 4.11. The molecule has 0 bridgehead atoms. The van der Waals surface area contributed by atoms with Crippen LogP contribution >= 0.6 is 11.6 Å². The first-order valence-electron chi connectivity index (χ1n) is 6.10. The van der Waals surface area contributed by atoms with Gasteiger partial charge in [0, 0.05) is 7.05 Å². The van der Waals surface area contributed by atoms with Crippen LogP contribution in [0.4, 0.5) is 5.69 Å². The van der Waals surface area contributed by atoms with E-state index in [4.69, 9.17) is 20.9 Å². The molecule has 1 saturated heterocycles. The number of nitrogens with one attached hydrogen (secondary N) is 1. The summed E-state index contributed by atoms with van der Waals surface area (Å²) >= 11 is 6.07.